The number of rotatable bonds is 5. The van der Waals surface area contributed by atoms with Crippen molar-refractivity contribution in [3.63, 3.8) is 0 Å². The van der Waals surface area contributed by atoms with Crippen molar-refractivity contribution in [2.24, 2.45) is 0 Å². The molecule has 6 heteroatoms. The van der Waals surface area contributed by atoms with Crippen LogP contribution in [0.15, 0.2) is 24.3 Å². The molecule has 0 aliphatic carbocycles. The van der Waals surface area contributed by atoms with Crippen molar-refractivity contribution in [3.05, 3.63) is 29.8 Å². The lowest BCUT2D eigenvalue weighted by Crippen LogP contribution is -2.29. The maximum atomic E-state index is 12.1. The van der Waals surface area contributed by atoms with Crippen molar-refractivity contribution in [1.82, 2.24) is 5.32 Å². The van der Waals surface area contributed by atoms with E-state index in [0.717, 1.165) is 0 Å². The summed E-state index contributed by atoms with van der Waals surface area (Å²) in [4.78, 5) is 0. The largest absolute Gasteiger partial charge is 0.573 e. The summed E-state index contributed by atoms with van der Waals surface area (Å²) in [5.74, 6) is -0.224. The fourth-order valence-corrected chi connectivity index (χ4v) is 1.22. The number of halogens is 3. The van der Waals surface area contributed by atoms with Crippen LogP contribution in [0.1, 0.15) is 12.5 Å². The van der Waals surface area contributed by atoms with Crippen molar-refractivity contribution >= 4 is 0 Å². The topological polar surface area (TPSA) is 41.5 Å². The first-order valence-corrected chi connectivity index (χ1v) is 5.10. The molecular weight excluding hydrogens is 235 g/mol. The maximum absolute atomic E-state index is 12.1. The van der Waals surface area contributed by atoms with Gasteiger partial charge in [0, 0.05) is 18.2 Å². The lowest BCUT2D eigenvalue weighted by Gasteiger charge is -2.15. The van der Waals surface area contributed by atoms with Crippen molar-refractivity contribution < 1.29 is 23.0 Å². The molecule has 0 bridgehead atoms. The Kier molecular flexibility index (Phi) is 4.77. The molecule has 0 radical (unpaired) electrons. The van der Waals surface area contributed by atoms with Gasteiger partial charge in [0.05, 0.1) is 6.61 Å². The zero-order valence-corrected chi connectivity index (χ0v) is 9.29. The van der Waals surface area contributed by atoms with Crippen molar-refractivity contribution in [2.45, 2.75) is 25.9 Å². The minimum atomic E-state index is -4.70. The molecule has 17 heavy (non-hydrogen) atoms. The monoisotopic (exact) mass is 249 g/mol. The SMILES string of the molecule is CC(CO)NCc1ccccc1OC(F)(F)F. The van der Waals surface area contributed by atoms with Crippen LogP contribution in [0.2, 0.25) is 0 Å². The van der Waals surface area contributed by atoms with E-state index in [1.54, 1.807) is 13.0 Å². The second kappa shape index (κ2) is 5.88. The molecule has 0 aliphatic rings. The molecule has 0 aliphatic heterocycles. The predicted molar refractivity (Wildman–Crippen MR) is 56.5 cm³/mol. The molecule has 96 valence electrons. The highest BCUT2D eigenvalue weighted by Gasteiger charge is 2.31. The fourth-order valence-electron chi connectivity index (χ4n) is 1.22. The van der Waals surface area contributed by atoms with Crippen LogP contribution in [0.25, 0.3) is 0 Å². The minimum absolute atomic E-state index is 0.0811. The van der Waals surface area contributed by atoms with Gasteiger partial charge < -0.3 is 15.2 Å². The molecule has 1 aromatic carbocycles. The van der Waals surface area contributed by atoms with Crippen molar-refractivity contribution in [1.29, 1.82) is 0 Å². The van der Waals surface area contributed by atoms with Gasteiger partial charge in [-0.15, -0.1) is 13.2 Å². The number of aliphatic hydroxyl groups excluding tert-OH is 1. The van der Waals surface area contributed by atoms with Crippen molar-refractivity contribution in [2.75, 3.05) is 6.61 Å². The van der Waals surface area contributed by atoms with E-state index in [2.05, 4.69) is 10.1 Å². The third kappa shape index (κ3) is 5.06. The number of ether oxygens (including phenoxy) is 1. The summed E-state index contributed by atoms with van der Waals surface area (Å²) >= 11 is 0. The first kappa shape index (κ1) is 13.8. The molecule has 3 nitrogen and oxygen atoms in total. The zero-order chi connectivity index (χ0) is 12.9. The number of benzene rings is 1. The van der Waals surface area contributed by atoms with Gasteiger partial charge in [-0.25, -0.2) is 0 Å². The Morgan fingerprint density at radius 1 is 1.35 bits per heavy atom. The summed E-state index contributed by atoms with van der Waals surface area (Å²) in [6, 6.07) is 5.71. The van der Waals surface area contributed by atoms with Crippen LogP contribution in [0.5, 0.6) is 5.75 Å². The van der Waals surface area contributed by atoms with Crippen molar-refractivity contribution in [3.8, 4) is 5.75 Å². The Labute approximate surface area is 97.2 Å². The highest BCUT2D eigenvalue weighted by atomic mass is 19.4. The second-order valence-corrected chi connectivity index (χ2v) is 3.62. The number of aliphatic hydroxyl groups is 1. The molecule has 0 aromatic heterocycles. The molecule has 1 rings (SSSR count). The number of hydrogen-bond acceptors (Lipinski definition) is 3. The molecule has 1 unspecified atom stereocenters. The highest BCUT2D eigenvalue weighted by Crippen LogP contribution is 2.26. The Morgan fingerprint density at radius 2 is 2.00 bits per heavy atom. The van der Waals surface area contributed by atoms with Gasteiger partial charge in [0.15, 0.2) is 0 Å². The lowest BCUT2D eigenvalue weighted by molar-refractivity contribution is -0.274. The molecule has 0 spiro atoms. The Morgan fingerprint density at radius 3 is 2.59 bits per heavy atom. The average Bonchev–Trinajstić information content (AvgIpc) is 2.25. The van der Waals surface area contributed by atoms with Crippen LogP contribution in [0.4, 0.5) is 13.2 Å². The van der Waals surface area contributed by atoms with E-state index in [1.807, 2.05) is 0 Å². The number of nitrogens with one attached hydrogen (secondary N) is 1. The van der Waals surface area contributed by atoms with Gasteiger partial charge in [-0.05, 0) is 13.0 Å². The predicted octanol–water partition coefficient (Wildman–Crippen LogP) is 2.06. The summed E-state index contributed by atoms with van der Waals surface area (Å²) in [6.45, 7) is 1.85. The van der Waals surface area contributed by atoms with Gasteiger partial charge in [-0.1, -0.05) is 18.2 Å². The van der Waals surface area contributed by atoms with Crippen LogP contribution in [-0.4, -0.2) is 24.1 Å². The molecule has 0 fully saturated rings. The second-order valence-electron chi connectivity index (χ2n) is 3.62. The average molecular weight is 249 g/mol. The normalized spacial score (nSPS) is 13.5. The molecule has 2 N–H and O–H groups in total. The van der Waals surface area contributed by atoms with Gasteiger partial charge in [0.2, 0.25) is 0 Å². The molecule has 1 aromatic rings. The van der Waals surface area contributed by atoms with E-state index >= 15 is 0 Å². The van der Waals surface area contributed by atoms with E-state index < -0.39 is 6.36 Å². The van der Waals surface area contributed by atoms with E-state index in [1.165, 1.54) is 18.2 Å². The van der Waals surface area contributed by atoms with Crippen LogP contribution in [0.3, 0.4) is 0 Å². The van der Waals surface area contributed by atoms with E-state index in [0.29, 0.717) is 5.56 Å². The minimum Gasteiger partial charge on any atom is -0.405 e. The summed E-state index contributed by atoms with van der Waals surface area (Å²) in [5, 5.41) is 11.7. The molecule has 0 saturated heterocycles. The van der Waals surface area contributed by atoms with E-state index in [-0.39, 0.29) is 24.9 Å². The summed E-state index contributed by atoms with van der Waals surface area (Å²) < 4.78 is 40.2. The molecule has 0 saturated carbocycles. The van der Waals surface area contributed by atoms with Gasteiger partial charge in [0.1, 0.15) is 5.75 Å². The molecule has 1 atom stereocenters. The van der Waals surface area contributed by atoms with E-state index in [9.17, 15) is 13.2 Å². The van der Waals surface area contributed by atoms with Crippen LogP contribution < -0.4 is 10.1 Å². The zero-order valence-electron chi connectivity index (χ0n) is 9.29. The smallest absolute Gasteiger partial charge is 0.405 e. The summed E-state index contributed by atoms with van der Waals surface area (Å²) in [5.41, 5.74) is 0.394. The van der Waals surface area contributed by atoms with Gasteiger partial charge in [-0.2, -0.15) is 0 Å². The standard InChI is InChI=1S/C11H14F3NO2/c1-8(7-16)15-6-9-4-2-3-5-10(9)17-11(12,13)14/h2-5,8,15-16H,6-7H2,1H3. The summed E-state index contributed by atoms with van der Waals surface area (Å²) in [6.07, 6.45) is -4.70. The fraction of sp³-hybridized carbons (Fsp3) is 0.455. The van der Waals surface area contributed by atoms with Crippen LogP contribution in [-0.2, 0) is 6.54 Å². The van der Waals surface area contributed by atoms with Crippen LogP contribution >= 0.6 is 0 Å². The Bertz CT molecular complexity index is 355. The lowest BCUT2D eigenvalue weighted by atomic mass is 10.2. The molecular formula is C11H14F3NO2. The Hall–Kier alpha value is -1.27. The van der Waals surface area contributed by atoms with Gasteiger partial charge in [0.25, 0.3) is 0 Å². The summed E-state index contributed by atoms with van der Waals surface area (Å²) in [7, 11) is 0. The third-order valence-corrected chi connectivity index (χ3v) is 2.11. The number of alkyl halides is 3. The first-order valence-electron chi connectivity index (χ1n) is 5.10. The molecule has 0 heterocycles. The van der Waals surface area contributed by atoms with Crippen LogP contribution in [0, 0.1) is 0 Å². The Balaban J connectivity index is 2.71. The van der Waals surface area contributed by atoms with E-state index in [4.69, 9.17) is 5.11 Å². The van der Waals surface area contributed by atoms with Gasteiger partial charge in [-0.3, -0.25) is 0 Å². The molecule has 0 amide bonds. The highest BCUT2D eigenvalue weighted by molar-refractivity contribution is 5.33. The quantitative estimate of drug-likeness (QED) is 0.839. The number of para-hydroxylation sites is 1. The number of hydrogen-bond donors (Lipinski definition) is 2. The maximum Gasteiger partial charge on any atom is 0.573 e. The van der Waals surface area contributed by atoms with Gasteiger partial charge >= 0.3 is 6.36 Å². The third-order valence-electron chi connectivity index (χ3n) is 2.11. The first-order chi connectivity index (χ1) is 7.92.